The van der Waals surface area contributed by atoms with E-state index in [2.05, 4.69) is 6.92 Å². The summed E-state index contributed by atoms with van der Waals surface area (Å²) in [7, 11) is 0. The van der Waals surface area contributed by atoms with Gasteiger partial charge in [0.1, 0.15) is 0 Å². The van der Waals surface area contributed by atoms with Gasteiger partial charge in [0.25, 0.3) is 0 Å². The van der Waals surface area contributed by atoms with E-state index in [1.54, 1.807) is 0 Å². The molecule has 2 nitrogen and oxygen atoms in total. The molecule has 0 aromatic carbocycles. The third-order valence-corrected chi connectivity index (χ3v) is 3.28. The Bertz CT molecular complexity index is 148. The minimum Gasteiger partial charge on any atom is -0.381 e. The Hall–Kier alpha value is -0.0800. The fraction of sp³-hybridized carbons (Fsp3) is 1.00. The van der Waals surface area contributed by atoms with Crippen LogP contribution in [0.15, 0.2) is 0 Å². The van der Waals surface area contributed by atoms with E-state index in [-0.39, 0.29) is 0 Å². The standard InChI is InChI=1S/C8H15NO/c1-6-4-10-5-8(6)2-7(8)3-9/h6-7H,2-5,9H2,1H3. The van der Waals surface area contributed by atoms with Gasteiger partial charge in [0.15, 0.2) is 0 Å². The average Bonchev–Trinajstić information content (AvgIpc) is 2.52. The van der Waals surface area contributed by atoms with Crippen LogP contribution in [0.25, 0.3) is 0 Å². The molecule has 2 N–H and O–H groups in total. The normalized spacial score (nSPS) is 52.2. The van der Waals surface area contributed by atoms with E-state index in [0.29, 0.717) is 5.41 Å². The van der Waals surface area contributed by atoms with Crippen LogP contribution in [0.1, 0.15) is 13.3 Å². The van der Waals surface area contributed by atoms with E-state index in [1.165, 1.54) is 6.42 Å². The molecule has 0 bridgehead atoms. The first-order valence-corrected chi connectivity index (χ1v) is 4.07. The molecule has 1 spiro atoms. The van der Waals surface area contributed by atoms with Crippen LogP contribution >= 0.6 is 0 Å². The van der Waals surface area contributed by atoms with Gasteiger partial charge in [-0.3, -0.25) is 0 Å². The summed E-state index contributed by atoms with van der Waals surface area (Å²) in [5, 5.41) is 0. The summed E-state index contributed by atoms with van der Waals surface area (Å²) in [6.45, 7) is 5.06. The maximum Gasteiger partial charge on any atom is 0.0529 e. The van der Waals surface area contributed by atoms with Gasteiger partial charge >= 0.3 is 0 Å². The second-order valence-electron chi connectivity index (χ2n) is 3.79. The van der Waals surface area contributed by atoms with Crippen LogP contribution in [-0.4, -0.2) is 19.8 Å². The van der Waals surface area contributed by atoms with Gasteiger partial charge < -0.3 is 10.5 Å². The highest BCUT2D eigenvalue weighted by Gasteiger charge is 2.59. The second kappa shape index (κ2) is 1.95. The largest absolute Gasteiger partial charge is 0.381 e. The molecule has 2 heteroatoms. The Morgan fingerprint density at radius 2 is 2.50 bits per heavy atom. The van der Waals surface area contributed by atoms with E-state index >= 15 is 0 Å². The maximum atomic E-state index is 5.59. The van der Waals surface area contributed by atoms with E-state index in [4.69, 9.17) is 10.5 Å². The molecule has 0 aromatic rings. The molecule has 1 aliphatic heterocycles. The molecular formula is C8H15NO. The summed E-state index contributed by atoms with van der Waals surface area (Å²) in [4.78, 5) is 0. The lowest BCUT2D eigenvalue weighted by Crippen LogP contribution is -2.16. The summed E-state index contributed by atoms with van der Waals surface area (Å²) >= 11 is 0. The first-order chi connectivity index (χ1) is 4.79. The molecule has 2 rings (SSSR count). The molecule has 3 unspecified atom stereocenters. The van der Waals surface area contributed by atoms with E-state index < -0.39 is 0 Å². The van der Waals surface area contributed by atoms with E-state index in [1.807, 2.05) is 0 Å². The van der Waals surface area contributed by atoms with Crippen molar-refractivity contribution in [3.8, 4) is 0 Å². The Labute approximate surface area is 61.7 Å². The maximum absolute atomic E-state index is 5.59. The minimum atomic E-state index is 0.523. The molecular weight excluding hydrogens is 126 g/mol. The molecule has 10 heavy (non-hydrogen) atoms. The fourth-order valence-electron chi connectivity index (χ4n) is 2.23. The summed E-state index contributed by atoms with van der Waals surface area (Å²) < 4.78 is 5.41. The van der Waals surface area contributed by atoms with Crippen LogP contribution in [0.3, 0.4) is 0 Å². The highest BCUT2D eigenvalue weighted by Crippen LogP contribution is 2.59. The second-order valence-corrected chi connectivity index (χ2v) is 3.79. The van der Waals surface area contributed by atoms with Crippen LogP contribution in [0, 0.1) is 17.3 Å². The van der Waals surface area contributed by atoms with Gasteiger partial charge in [-0.15, -0.1) is 0 Å². The van der Waals surface area contributed by atoms with Gasteiger partial charge in [0, 0.05) is 12.0 Å². The van der Waals surface area contributed by atoms with Gasteiger partial charge in [-0.2, -0.15) is 0 Å². The van der Waals surface area contributed by atoms with Crippen LogP contribution in [-0.2, 0) is 4.74 Å². The van der Waals surface area contributed by atoms with Gasteiger partial charge in [0.05, 0.1) is 6.61 Å². The Kier molecular flexibility index (Phi) is 1.29. The zero-order valence-electron chi connectivity index (χ0n) is 6.47. The predicted molar refractivity (Wildman–Crippen MR) is 39.6 cm³/mol. The lowest BCUT2D eigenvalue weighted by atomic mass is 9.92. The third-order valence-electron chi connectivity index (χ3n) is 3.28. The Morgan fingerprint density at radius 1 is 1.70 bits per heavy atom. The van der Waals surface area contributed by atoms with Crippen molar-refractivity contribution in [1.82, 2.24) is 0 Å². The van der Waals surface area contributed by atoms with Crippen molar-refractivity contribution in [2.75, 3.05) is 19.8 Å². The van der Waals surface area contributed by atoms with E-state index in [9.17, 15) is 0 Å². The molecule has 2 fully saturated rings. The topological polar surface area (TPSA) is 35.2 Å². The lowest BCUT2D eigenvalue weighted by Gasteiger charge is -2.10. The van der Waals surface area contributed by atoms with Gasteiger partial charge in [-0.1, -0.05) is 6.92 Å². The molecule has 0 amide bonds. The summed E-state index contributed by atoms with van der Waals surface area (Å²) in [6.07, 6.45) is 1.31. The van der Waals surface area contributed by atoms with Crippen molar-refractivity contribution in [1.29, 1.82) is 0 Å². The monoisotopic (exact) mass is 141 g/mol. The van der Waals surface area contributed by atoms with Crippen LogP contribution < -0.4 is 5.73 Å². The third kappa shape index (κ3) is 0.663. The highest BCUT2D eigenvalue weighted by molar-refractivity contribution is 5.07. The minimum absolute atomic E-state index is 0.523. The first-order valence-electron chi connectivity index (χ1n) is 4.07. The van der Waals surface area contributed by atoms with Crippen molar-refractivity contribution >= 4 is 0 Å². The zero-order valence-corrected chi connectivity index (χ0v) is 6.47. The van der Waals surface area contributed by atoms with Crippen LogP contribution in [0.2, 0.25) is 0 Å². The zero-order chi connectivity index (χ0) is 7.19. The molecule has 1 heterocycles. The Balaban J connectivity index is 2.04. The molecule has 2 aliphatic rings. The lowest BCUT2D eigenvalue weighted by molar-refractivity contribution is 0.177. The van der Waals surface area contributed by atoms with Crippen molar-refractivity contribution < 1.29 is 4.74 Å². The van der Waals surface area contributed by atoms with E-state index in [0.717, 1.165) is 31.6 Å². The van der Waals surface area contributed by atoms with Crippen molar-refractivity contribution in [3.05, 3.63) is 0 Å². The van der Waals surface area contributed by atoms with Crippen LogP contribution in [0.5, 0.6) is 0 Å². The first kappa shape index (κ1) is 6.62. The molecule has 58 valence electrons. The number of nitrogens with two attached hydrogens (primary N) is 1. The van der Waals surface area contributed by atoms with Crippen LogP contribution in [0.4, 0.5) is 0 Å². The number of ether oxygens (including phenoxy) is 1. The molecule has 3 atom stereocenters. The number of hydrogen-bond acceptors (Lipinski definition) is 2. The van der Waals surface area contributed by atoms with Crippen molar-refractivity contribution in [2.45, 2.75) is 13.3 Å². The van der Waals surface area contributed by atoms with Crippen molar-refractivity contribution in [2.24, 2.45) is 23.0 Å². The highest BCUT2D eigenvalue weighted by atomic mass is 16.5. The molecule has 1 aliphatic carbocycles. The fourth-order valence-corrected chi connectivity index (χ4v) is 2.23. The van der Waals surface area contributed by atoms with Crippen molar-refractivity contribution in [3.63, 3.8) is 0 Å². The molecule has 1 saturated carbocycles. The molecule has 0 radical (unpaired) electrons. The predicted octanol–water partition coefficient (Wildman–Crippen LogP) is 0.618. The SMILES string of the molecule is CC1COCC12CC2CN. The smallest absolute Gasteiger partial charge is 0.0529 e. The number of rotatable bonds is 1. The molecule has 0 aromatic heterocycles. The van der Waals surface area contributed by atoms with Gasteiger partial charge in [-0.25, -0.2) is 0 Å². The Morgan fingerprint density at radius 3 is 2.90 bits per heavy atom. The summed E-state index contributed by atoms with van der Waals surface area (Å²) in [5.41, 5.74) is 6.12. The average molecular weight is 141 g/mol. The van der Waals surface area contributed by atoms with Gasteiger partial charge in [0.2, 0.25) is 0 Å². The number of hydrogen-bond donors (Lipinski definition) is 1. The molecule has 1 saturated heterocycles. The quantitative estimate of drug-likeness (QED) is 0.581. The summed E-state index contributed by atoms with van der Waals surface area (Å²) in [6, 6.07) is 0. The summed E-state index contributed by atoms with van der Waals surface area (Å²) in [5.74, 6) is 1.52. The van der Waals surface area contributed by atoms with Gasteiger partial charge in [-0.05, 0) is 24.8 Å².